The van der Waals surface area contributed by atoms with E-state index in [-0.39, 0.29) is 0 Å². The molecule has 1 aromatic rings. The van der Waals surface area contributed by atoms with Gasteiger partial charge in [0.2, 0.25) is 0 Å². The Bertz CT molecular complexity index is 331. The lowest BCUT2D eigenvalue weighted by atomic mass is 9.71. The number of fused-ring (bicyclic) bond motifs is 2. The average Bonchev–Trinajstić information content (AvgIpc) is 2.60. The van der Waals surface area contributed by atoms with E-state index in [1.807, 2.05) is 0 Å². The van der Waals surface area contributed by atoms with Crippen molar-refractivity contribution in [2.24, 2.45) is 0 Å². The van der Waals surface area contributed by atoms with Crippen molar-refractivity contribution in [1.82, 2.24) is 0 Å². The predicted molar refractivity (Wildman–Crippen MR) is 56.7 cm³/mol. The van der Waals surface area contributed by atoms with Gasteiger partial charge in [0.05, 0.1) is 6.61 Å². The molecule has 1 saturated carbocycles. The average molecular weight is 188 g/mol. The highest BCUT2D eigenvalue weighted by atomic mass is 16.5. The van der Waals surface area contributed by atoms with Gasteiger partial charge in [-0.2, -0.15) is 0 Å². The Morgan fingerprint density at radius 2 is 1.79 bits per heavy atom. The molecule has 1 nitrogen and oxygen atoms in total. The lowest BCUT2D eigenvalue weighted by molar-refractivity contribution is 0.212. The van der Waals surface area contributed by atoms with Gasteiger partial charge in [-0.25, -0.2) is 0 Å². The maximum atomic E-state index is 5.79. The van der Waals surface area contributed by atoms with E-state index in [4.69, 9.17) is 4.74 Å². The van der Waals surface area contributed by atoms with Crippen LogP contribution in [0.1, 0.15) is 37.7 Å². The Labute approximate surface area is 85.1 Å². The summed E-state index contributed by atoms with van der Waals surface area (Å²) in [5.41, 5.74) is 1.86. The Balaban J connectivity index is 2.03. The number of hydrogen-bond donors (Lipinski definition) is 0. The van der Waals surface area contributed by atoms with Gasteiger partial charge in [0.15, 0.2) is 0 Å². The first-order valence-corrected chi connectivity index (χ1v) is 5.63. The van der Waals surface area contributed by atoms with Crippen molar-refractivity contribution in [1.29, 1.82) is 0 Å². The highest BCUT2D eigenvalue weighted by molar-refractivity contribution is 5.43. The molecule has 0 unspecified atom stereocenters. The molecule has 1 spiro atoms. The number of hydrogen-bond acceptors (Lipinski definition) is 1. The summed E-state index contributed by atoms with van der Waals surface area (Å²) in [5, 5.41) is 0. The third-order valence-electron chi connectivity index (χ3n) is 3.77. The summed E-state index contributed by atoms with van der Waals surface area (Å²) < 4.78 is 5.79. The van der Waals surface area contributed by atoms with E-state index >= 15 is 0 Å². The van der Waals surface area contributed by atoms with E-state index < -0.39 is 0 Å². The third-order valence-corrected chi connectivity index (χ3v) is 3.77. The van der Waals surface area contributed by atoms with Crippen molar-refractivity contribution >= 4 is 0 Å². The van der Waals surface area contributed by atoms with E-state index in [0.29, 0.717) is 5.41 Å². The minimum absolute atomic E-state index is 0.384. The molecule has 0 saturated heterocycles. The summed E-state index contributed by atoms with van der Waals surface area (Å²) >= 11 is 0. The van der Waals surface area contributed by atoms with E-state index in [0.717, 1.165) is 12.4 Å². The van der Waals surface area contributed by atoms with E-state index in [9.17, 15) is 0 Å². The van der Waals surface area contributed by atoms with Gasteiger partial charge in [0.25, 0.3) is 0 Å². The van der Waals surface area contributed by atoms with E-state index in [2.05, 4.69) is 24.3 Å². The van der Waals surface area contributed by atoms with Gasteiger partial charge < -0.3 is 4.74 Å². The number of para-hydroxylation sites is 1. The first kappa shape index (κ1) is 8.34. The van der Waals surface area contributed by atoms with Crippen LogP contribution in [-0.4, -0.2) is 6.61 Å². The molecule has 0 atom stereocenters. The minimum atomic E-state index is 0.384. The topological polar surface area (TPSA) is 9.23 Å². The van der Waals surface area contributed by atoms with Crippen molar-refractivity contribution in [3.05, 3.63) is 29.8 Å². The highest BCUT2D eigenvalue weighted by Crippen LogP contribution is 2.47. The molecule has 74 valence electrons. The summed E-state index contributed by atoms with van der Waals surface area (Å²) in [6, 6.07) is 8.58. The molecule has 0 bridgehead atoms. The zero-order chi connectivity index (χ0) is 9.43. The maximum Gasteiger partial charge on any atom is 0.123 e. The first-order valence-electron chi connectivity index (χ1n) is 5.63. The zero-order valence-electron chi connectivity index (χ0n) is 8.46. The summed E-state index contributed by atoms with van der Waals surface area (Å²) in [7, 11) is 0. The van der Waals surface area contributed by atoms with Gasteiger partial charge in [-0.1, -0.05) is 37.5 Å². The summed E-state index contributed by atoms with van der Waals surface area (Å²) in [6.45, 7) is 0.923. The third kappa shape index (κ3) is 1.08. The summed E-state index contributed by atoms with van der Waals surface area (Å²) in [4.78, 5) is 0. The molecule has 1 aliphatic carbocycles. The van der Waals surface area contributed by atoms with Crippen molar-refractivity contribution in [3.63, 3.8) is 0 Å². The van der Waals surface area contributed by atoms with E-state index in [1.54, 1.807) is 0 Å². The van der Waals surface area contributed by atoms with Crippen LogP contribution in [0.5, 0.6) is 5.75 Å². The van der Waals surface area contributed by atoms with Gasteiger partial charge >= 0.3 is 0 Å². The molecule has 2 aliphatic rings. The van der Waals surface area contributed by atoms with Gasteiger partial charge in [0, 0.05) is 11.0 Å². The zero-order valence-corrected chi connectivity index (χ0v) is 8.46. The van der Waals surface area contributed by atoms with Crippen LogP contribution < -0.4 is 4.74 Å². The monoisotopic (exact) mass is 188 g/mol. The lowest BCUT2D eigenvalue weighted by Gasteiger charge is -2.31. The largest absolute Gasteiger partial charge is 0.492 e. The second-order valence-electron chi connectivity index (χ2n) is 4.63. The molecule has 0 aromatic heterocycles. The Morgan fingerprint density at radius 1 is 1.00 bits per heavy atom. The lowest BCUT2D eigenvalue weighted by Crippen LogP contribution is -2.30. The quantitative estimate of drug-likeness (QED) is 0.607. The fourth-order valence-corrected chi connectivity index (χ4v) is 2.97. The van der Waals surface area contributed by atoms with Crippen molar-refractivity contribution in [3.8, 4) is 5.75 Å². The Morgan fingerprint density at radius 3 is 2.64 bits per heavy atom. The molecule has 1 aliphatic heterocycles. The van der Waals surface area contributed by atoms with Gasteiger partial charge in [-0.15, -0.1) is 0 Å². The standard InChI is InChI=1S/C13H16O/c1-4-8-13(9-5-1)10-14-12-7-3-2-6-11(12)13/h2-3,6-7H,1,4-5,8-10H2. The maximum absolute atomic E-state index is 5.79. The number of benzene rings is 1. The molecular formula is C13H16O. The molecule has 1 heteroatoms. The van der Waals surface area contributed by atoms with Crippen LogP contribution in [0.4, 0.5) is 0 Å². The molecule has 14 heavy (non-hydrogen) atoms. The minimum Gasteiger partial charge on any atom is -0.492 e. The van der Waals surface area contributed by atoms with Gasteiger partial charge in [-0.05, 0) is 18.9 Å². The second kappa shape index (κ2) is 3.01. The smallest absolute Gasteiger partial charge is 0.123 e. The molecule has 1 heterocycles. The first-order chi connectivity index (χ1) is 6.91. The number of rotatable bonds is 0. The molecule has 1 aromatic carbocycles. The van der Waals surface area contributed by atoms with Crippen LogP contribution in [0.25, 0.3) is 0 Å². The summed E-state index contributed by atoms with van der Waals surface area (Å²) in [5.74, 6) is 1.13. The second-order valence-corrected chi connectivity index (χ2v) is 4.63. The van der Waals surface area contributed by atoms with Crippen molar-refractivity contribution in [2.75, 3.05) is 6.61 Å². The predicted octanol–water partition coefficient (Wildman–Crippen LogP) is 3.28. The molecule has 0 N–H and O–H groups in total. The Hall–Kier alpha value is -0.980. The van der Waals surface area contributed by atoms with E-state index in [1.165, 1.54) is 37.7 Å². The molecule has 0 amide bonds. The van der Waals surface area contributed by atoms with Crippen molar-refractivity contribution < 1.29 is 4.74 Å². The van der Waals surface area contributed by atoms with Crippen molar-refractivity contribution in [2.45, 2.75) is 37.5 Å². The Kier molecular flexibility index (Phi) is 1.79. The van der Waals surface area contributed by atoms with Crippen LogP contribution in [-0.2, 0) is 5.41 Å². The van der Waals surface area contributed by atoms with Gasteiger partial charge in [0.1, 0.15) is 5.75 Å². The number of ether oxygens (including phenoxy) is 1. The normalized spacial score (nSPS) is 23.1. The summed E-state index contributed by atoms with van der Waals surface area (Å²) in [6.07, 6.45) is 6.80. The SMILES string of the molecule is c1ccc2c(c1)OCC21CCCCC1. The van der Waals surface area contributed by atoms with Crippen LogP contribution >= 0.6 is 0 Å². The molecular weight excluding hydrogens is 172 g/mol. The van der Waals surface area contributed by atoms with Crippen LogP contribution in [0.3, 0.4) is 0 Å². The molecule has 1 fully saturated rings. The fourth-order valence-electron chi connectivity index (χ4n) is 2.97. The van der Waals surface area contributed by atoms with Crippen LogP contribution in [0.2, 0.25) is 0 Å². The van der Waals surface area contributed by atoms with Crippen LogP contribution in [0, 0.1) is 0 Å². The fraction of sp³-hybridized carbons (Fsp3) is 0.538. The molecule has 0 radical (unpaired) electrons. The van der Waals surface area contributed by atoms with Gasteiger partial charge in [-0.3, -0.25) is 0 Å². The van der Waals surface area contributed by atoms with Crippen LogP contribution in [0.15, 0.2) is 24.3 Å². The highest BCUT2D eigenvalue weighted by Gasteiger charge is 2.40. The molecule has 3 rings (SSSR count).